The lowest BCUT2D eigenvalue weighted by atomic mass is 10.3. The quantitative estimate of drug-likeness (QED) is 0.512. The molecule has 0 spiro atoms. The Balaban J connectivity index is 2.05. The van der Waals surface area contributed by atoms with E-state index in [1.165, 1.54) is 0 Å². The van der Waals surface area contributed by atoms with E-state index in [0.29, 0.717) is 13.2 Å². The van der Waals surface area contributed by atoms with E-state index >= 15 is 0 Å². The zero-order chi connectivity index (χ0) is 12.5. The van der Waals surface area contributed by atoms with E-state index in [-0.39, 0.29) is 11.9 Å². The third kappa shape index (κ3) is 5.33. The first kappa shape index (κ1) is 14.2. The molecule has 1 atom stereocenters. The first-order valence-electron chi connectivity index (χ1n) is 6.46. The highest BCUT2D eigenvalue weighted by molar-refractivity contribution is 5.81. The van der Waals surface area contributed by atoms with Gasteiger partial charge < -0.3 is 15.0 Å². The molecule has 1 unspecified atom stereocenters. The van der Waals surface area contributed by atoms with Gasteiger partial charge in [0.15, 0.2) is 0 Å². The number of ether oxygens (including phenoxy) is 1. The highest BCUT2D eigenvalue weighted by Gasteiger charge is 2.22. The fraction of sp³-hybridized carbons (Fsp3) is 0.769. The van der Waals surface area contributed by atoms with Gasteiger partial charge in [-0.2, -0.15) is 0 Å². The molecule has 4 heteroatoms. The maximum Gasteiger partial charge on any atom is 0.239 e. The van der Waals surface area contributed by atoms with Crippen molar-refractivity contribution in [1.29, 1.82) is 0 Å². The van der Waals surface area contributed by atoms with Crippen LogP contribution in [0.4, 0.5) is 0 Å². The number of nitrogens with one attached hydrogen (secondary N) is 1. The van der Waals surface area contributed by atoms with E-state index in [2.05, 4.69) is 11.9 Å². The number of amides is 1. The summed E-state index contributed by atoms with van der Waals surface area (Å²) in [4.78, 5) is 13.9. The topological polar surface area (TPSA) is 41.6 Å². The van der Waals surface area contributed by atoms with Crippen molar-refractivity contribution in [2.75, 3.05) is 32.8 Å². The lowest BCUT2D eigenvalue weighted by Crippen LogP contribution is -2.44. The van der Waals surface area contributed by atoms with Crippen molar-refractivity contribution in [3.8, 4) is 0 Å². The SMILES string of the molecule is C=CCCOCCNC(C)C(=O)N1CCCC1. The monoisotopic (exact) mass is 240 g/mol. The van der Waals surface area contributed by atoms with E-state index in [9.17, 15) is 4.79 Å². The Bertz CT molecular complexity index is 238. The number of hydrogen-bond acceptors (Lipinski definition) is 3. The van der Waals surface area contributed by atoms with Gasteiger partial charge >= 0.3 is 0 Å². The van der Waals surface area contributed by atoms with Crippen molar-refractivity contribution in [3.05, 3.63) is 12.7 Å². The summed E-state index contributed by atoms with van der Waals surface area (Å²) in [6.45, 7) is 9.46. The summed E-state index contributed by atoms with van der Waals surface area (Å²) >= 11 is 0. The molecule has 1 aliphatic rings. The van der Waals surface area contributed by atoms with E-state index in [4.69, 9.17) is 4.74 Å². The zero-order valence-corrected chi connectivity index (χ0v) is 10.8. The predicted octanol–water partition coefficient (Wildman–Crippen LogP) is 1.18. The van der Waals surface area contributed by atoms with Gasteiger partial charge in [-0.15, -0.1) is 6.58 Å². The van der Waals surface area contributed by atoms with Crippen LogP contribution in [-0.2, 0) is 9.53 Å². The summed E-state index contributed by atoms with van der Waals surface area (Å²) in [5.74, 6) is 0.216. The zero-order valence-electron chi connectivity index (χ0n) is 10.8. The molecule has 1 rings (SSSR count). The number of hydrogen-bond donors (Lipinski definition) is 1. The highest BCUT2D eigenvalue weighted by Crippen LogP contribution is 2.08. The van der Waals surface area contributed by atoms with Gasteiger partial charge in [0, 0.05) is 19.6 Å². The van der Waals surface area contributed by atoms with Gasteiger partial charge in [-0.1, -0.05) is 6.08 Å². The van der Waals surface area contributed by atoms with Gasteiger partial charge in [0.25, 0.3) is 0 Å². The molecule has 98 valence electrons. The summed E-state index contributed by atoms with van der Waals surface area (Å²) < 4.78 is 5.37. The Kier molecular flexibility index (Phi) is 6.89. The molecule has 4 nitrogen and oxygen atoms in total. The number of carbonyl (C=O) groups excluding carboxylic acids is 1. The third-order valence-corrected chi connectivity index (χ3v) is 2.95. The van der Waals surface area contributed by atoms with Crippen molar-refractivity contribution in [1.82, 2.24) is 10.2 Å². The summed E-state index contributed by atoms with van der Waals surface area (Å²) in [5, 5.41) is 3.19. The second kappa shape index (κ2) is 8.25. The van der Waals surface area contributed by atoms with E-state index < -0.39 is 0 Å². The van der Waals surface area contributed by atoms with Gasteiger partial charge in [0.2, 0.25) is 5.91 Å². The molecule has 1 N–H and O–H groups in total. The van der Waals surface area contributed by atoms with Crippen LogP contribution in [0.3, 0.4) is 0 Å². The Hall–Kier alpha value is -0.870. The maximum atomic E-state index is 11.9. The average molecular weight is 240 g/mol. The smallest absolute Gasteiger partial charge is 0.239 e. The molecule has 0 bridgehead atoms. The van der Waals surface area contributed by atoms with Crippen LogP contribution in [0.1, 0.15) is 26.2 Å². The summed E-state index contributed by atoms with van der Waals surface area (Å²) in [6, 6.07) is -0.101. The Morgan fingerprint density at radius 1 is 1.47 bits per heavy atom. The van der Waals surface area contributed by atoms with Crippen molar-refractivity contribution < 1.29 is 9.53 Å². The van der Waals surface area contributed by atoms with Crippen molar-refractivity contribution in [2.24, 2.45) is 0 Å². The van der Waals surface area contributed by atoms with E-state index in [1.54, 1.807) is 0 Å². The normalized spacial score (nSPS) is 17.1. The molecule has 1 fully saturated rings. The standard InChI is InChI=1S/C13H24N2O2/c1-3-4-10-17-11-7-14-12(2)13(16)15-8-5-6-9-15/h3,12,14H,1,4-11H2,2H3. The molecule has 0 saturated carbocycles. The van der Waals surface area contributed by atoms with Gasteiger partial charge in [-0.25, -0.2) is 0 Å². The first-order valence-corrected chi connectivity index (χ1v) is 6.46. The molecule has 0 aromatic carbocycles. The number of likely N-dealkylation sites (tertiary alicyclic amines) is 1. The number of rotatable bonds is 8. The van der Waals surface area contributed by atoms with Crippen LogP contribution in [0, 0.1) is 0 Å². The average Bonchev–Trinajstić information content (AvgIpc) is 2.86. The van der Waals surface area contributed by atoms with Crippen LogP contribution in [0.2, 0.25) is 0 Å². The van der Waals surface area contributed by atoms with Crippen LogP contribution in [0.25, 0.3) is 0 Å². The highest BCUT2D eigenvalue weighted by atomic mass is 16.5. The first-order chi connectivity index (χ1) is 8.25. The van der Waals surface area contributed by atoms with Crippen LogP contribution < -0.4 is 5.32 Å². The van der Waals surface area contributed by atoms with Gasteiger partial charge in [-0.05, 0) is 26.2 Å². The predicted molar refractivity (Wildman–Crippen MR) is 68.9 cm³/mol. The molecule has 1 heterocycles. The van der Waals surface area contributed by atoms with Crippen molar-refractivity contribution in [2.45, 2.75) is 32.2 Å². The molecule has 1 saturated heterocycles. The van der Waals surface area contributed by atoms with Gasteiger partial charge in [0.1, 0.15) is 0 Å². The number of carbonyl (C=O) groups is 1. The van der Waals surface area contributed by atoms with Gasteiger partial charge in [0.05, 0.1) is 19.3 Å². The lowest BCUT2D eigenvalue weighted by Gasteiger charge is -2.21. The molecule has 0 radical (unpaired) electrons. The van der Waals surface area contributed by atoms with Crippen molar-refractivity contribution in [3.63, 3.8) is 0 Å². The van der Waals surface area contributed by atoms with Crippen LogP contribution in [-0.4, -0.2) is 49.7 Å². The fourth-order valence-electron chi connectivity index (χ4n) is 1.92. The Morgan fingerprint density at radius 3 is 2.82 bits per heavy atom. The minimum absolute atomic E-state index is 0.101. The largest absolute Gasteiger partial charge is 0.380 e. The van der Waals surface area contributed by atoms with Crippen molar-refractivity contribution >= 4 is 5.91 Å². The summed E-state index contributed by atoms with van der Waals surface area (Å²) in [6.07, 6.45) is 5.00. The van der Waals surface area contributed by atoms with Gasteiger partial charge in [-0.3, -0.25) is 4.79 Å². The molecule has 0 aromatic heterocycles. The molecule has 0 aliphatic carbocycles. The molecule has 17 heavy (non-hydrogen) atoms. The molecule has 0 aromatic rings. The second-order valence-electron chi connectivity index (χ2n) is 4.40. The Morgan fingerprint density at radius 2 is 2.18 bits per heavy atom. The lowest BCUT2D eigenvalue weighted by molar-refractivity contribution is -0.132. The minimum Gasteiger partial charge on any atom is -0.380 e. The summed E-state index contributed by atoms with van der Waals surface area (Å²) in [5.41, 5.74) is 0. The molecular weight excluding hydrogens is 216 g/mol. The van der Waals surface area contributed by atoms with E-state index in [0.717, 1.165) is 38.9 Å². The molecular formula is C13H24N2O2. The van der Waals surface area contributed by atoms with Crippen LogP contribution >= 0.6 is 0 Å². The van der Waals surface area contributed by atoms with Crippen LogP contribution in [0.5, 0.6) is 0 Å². The third-order valence-electron chi connectivity index (χ3n) is 2.95. The fourth-order valence-corrected chi connectivity index (χ4v) is 1.92. The summed E-state index contributed by atoms with van der Waals surface area (Å²) in [7, 11) is 0. The molecule has 1 amide bonds. The second-order valence-corrected chi connectivity index (χ2v) is 4.40. The maximum absolute atomic E-state index is 11.9. The Labute approximate surface area is 104 Å². The molecule has 1 aliphatic heterocycles. The minimum atomic E-state index is -0.101. The van der Waals surface area contributed by atoms with Crippen LogP contribution in [0.15, 0.2) is 12.7 Å². The van der Waals surface area contributed by atoms with E-state index in [1.807, 2.05) is 17.9 Å². The number of nitrogens with zero attached hydrogens (tertiary/aromatic N) is 1.